The van der Waals surface area contributed by atoms with E-state index in [9.17, 15) is 19.0 Å². The van der Waals surface area contributed by atoms with Crippen LogP contribution >= 0.6 is 7.82 Å². The monoisotopic (exact) mass is 858 g/mol. The molecule has 0 aromatic heterocycles. The molecular formula is C49H96NO8P. The Balaban J connectivity index is 3.67. The van der Waals surface area contributed by atoms with E-state index in [0.29, 0.717) is 6.42 Å². The molecule has 2 unspecified atom stereocenters. The summed E-state index contributed by atoms with van der Waals surface area (Å²) in [6, 6.07) is 0. The van der Waals surface area contributed by atoms with E-state index < -0.39 is 26.5 Å². The van der Waals surface area contributed by atoms with Gasteiger partial charge in [0, 0.05) is 19.4 Å². The standard InChI is InChI=1S/C49H96NO8P/c1-3-5-7-9-10-11-12-13-14-15-16-17-18-19-20-21-22-23-24-25-26-27-28-29-30-31-32-33-34-35-36-38-40-42-49(52)58-47(46-57-59(53,54)56-44-43-50)45-55-48(51)41-39-37-8-6-4-2/h15-16,47H,3-14,17-46,50H2,1-2H3,(H,53,54)/b16-15-. The number of hydrogen-bond acceptors (Lipinski definition) is 8. The van der Waals surface area contributed by atoms with Gasteiger partial charge in [-0.2, -0.15) is 0 Å². The Morgan fingerprint density at radius 3 is 1.20 bits per heavy atom. The van der Waals surface area contributed by atoms with Crippen LogP contribution in [0.3, 0.4) is 0 Å². The Labute approximate surface area is 364 Å². The number of phosphoric acid groups is 1. The van der Waals surface area contributed by atoms with Gasteiger partial charge in [0.15, 0.2) is 6.10 Å². The number of nitrogens with two attached hydrogens (primary N) is 1. The lowest BCUT2D eigenvalue weighted by molar-refractivity contribution is -0.161. The third-order valence-electron chi connectivity index (χ3n) is 11.2. The largest absolute Gasteiger partial charge is 0.472 e. The summed E-state index contributed by atoms with van der Waals surface area (Å²) in [5, 5.41) is 0. The molecule has 3 N–H and O–H groups in total. The molecule has 0 aromatic rings. The number of carbonyl (C=O) groups excluding carboxylic acids is 2. The molecule has 350 valence electrons. The van der Waals surface area contributed by atoms with Crippen LogP contribution in [0.1, 0.15) is 258 Å². The van der Waals surface area contributed by atoms with Crippen molar-refractivity contribution in [2.75, 3.05) is 26.4 Å². The number of rotatable bonds is 48. The number of unbranched alkanes of at least 4 members (excludes halogenated alkanes) is 33. The van der Waals surface area contributed by atoms with Gasteiger partial charge in [0.2, 0.25) is 0 Å². The molecule has 0 spiro atoms. The average Bonchev–Trinajstić information content (AvgIpc) is 3.22. The molecule has 0 aromatic carbocycles. The fourth-order valence-electron chi connectivity index (χ4n) is 7.40. The number of hydrogen-bond donors (Lipinski definition) is 2. The van der Waals surface area contributed by atoms with Crippen molar-refractivity contribution < 1.29 is 37.6 Å². The Bertz CT molecular complexity index is 980. The van der Waals surface area contributed by atoms with E-state index in [0.717, 1.165) is 44.9 Å². The number of phosphoric ester groups is 1. The molecular weight excluding hydrogens is 762 g/mol. The zero-order chi connectivity index (χ0) is 43.2. The Kier molecular flexibility index (Phi) is 45.3. The third kappa shape index (κ3) is 46.1. The molecule has 0 aliphatic heterocycles. The van der Waals surface area contributed by atoms with Gasteiger partial charge in [-0.05, 0) is 38.5 Å². The number of ether oxygens (including phenoxy) is 2. The minimum atomic E-state index is -4.36. The first-order valence-corrected chi connectivity index (χ1v) is 26.7. The topological polar surface area (TPSA) is 134 Å². The third-order valence-corrected chi connectivity index (χ3v) is 12.1. The second-order valence-corrected chi connectivity index (χ2v) is 18.5. The van der Waals surface area contributed by atoms with Crippen molar-refractivity contribution >= 4 is 19.8 Å². The van der Waals surface area contributed by atoms with Gasteiger partial charge in [0.05, 0.1) is 13.2 Å². The van der Waals surface area contributed by atoms with Crippen LogP contribution in [0.25, 0.3) is 0 Å². The fourth-order valence-corrected chi connectivity index (χ4v) is 8.16. The maximum absolute atomic E-state index is 12.5. The van der Waals surface area contributed by atoms with E-state index in [1.54, 1.807) is 0 Å². The summed E-state index contributed by atoms with van der Waals surface area (Å²) in [4.78, 5) is 34.6. The molecule has 0 aliphatic carbocycles. The zero-order valence-electron chi connectivity index (χ0n) is 38.8. The van der Waals surface area contributed by atoms with Crippen LogP contribution in [0.15, 0.2) is 12.2 Å². The van der Waals surface area contributed by atoms with Crippen LogP contribution < -0.4 is 5.73 Å². The van der Waals surface area contributed by atoms with Crippen LogP contribution in [-0.4, -0.2) is 49.3 Å². The summed E-state index contributed by atoms with van der Waals surface area (Å²) >= 11 is 0. The van der Waals surface area contributed by atoms with Crippen molar-refractivity contribution in [1.82, 2.24) is 0 Å². The number of allylic oxidation sites excluding steroid dienone is 2. The van der Waals surface area contributed by atoms with Crippen LogP contribution in [0.2, 0.25) is 0 Å². The van der Waals surface area contributed by atoms with E-state index in [1.807, 2.05) is 0 Å². The summed E-state index contributed by atoms with van der Waals surface area (Å²) < 4.78 is 32.6. The van der Waals surface area contributed by atoms with Gasteiger partial charge >= 0.3 is 19.8 Å². The summed E-state index contributed by atoms with van der Waals surface area (Å²) in [6.07, 6.45) is 50.5. The molecule has 0 radical (unpaired) electrons. The summed E-state index contributed by atoms with van der Waals surface area (Å²) in [7, 11) is -4.36. The summed E-state index contributed by atoms with van der Waals surface area (Å²) in [6.45, 7) is 3.67. The smallest absolute Gasteiger partial charge is 0.462 e. The highest BCUT2D eigenvalue weighted by atomic mass is 31.2. The molecule has 59 heavy (non-hydrogen) atoms. The van der Waals surface area contributed by atoms with Gasteiger partial charge < -0.3 is 20.1 Å². The number of carbonyl (C=O) groups is 2. The van der Waals surface area contributed by atoms with Gasteiger partial charge in [-0.3, -0.25) is 18.6 Å². The van der Waals surface area contributed by atoms with E-state index in [2.05, 4.69) is 26.0 Å². The van der Waals surface area contributed by atoms with E-state index in [1.165, 1.54) is 180 Å². The molecule has 0 rings (SSSR count). The number of esters is 2. The minimum absolute atomic E-state index is 0.0566. The van der Waals surface area contributed by atoms with Gasteiger partial charge in [-0.1, -0.05) is 219 Å². The molecule has 0 aliphatic rings. The van der Waals surface area contributed by atoms with Gasteiger partial charge in [0.25, 0.3) is 0 Å². The van der Waals surface area contributed by atoms with Crippen LogP contribution in [0.4, 0.5) is 0 Å². The molecule has 2 atom stereocenters. The predicted octanol–water partition coefficient (Wildman–Crippen LogP) is 15.0. The van der Waals surface area contributed by atoms with Crippen molar-refractivity contribution in [1.29, 1.82) is 0 Å². The minimum Gasteiger partial charge on any atom is -0.462 e. The predicted molar refractivity (Wildman–Crippen MR) is 248 cm³/mol. The van der Waals surface area contributed by atoms with Crippen LogP contribution in [-0.2, 0) is 32.7 Å². The second kappa shape index (κ2) is 46.3. The SMILES string of the molecule is CCCCCCCCCC/C=C\CCCCCCCCCCCCCCCCCCCCCCCC(=O)OC(COC(=O)CCCCCCC)COP(=O)(O)OCCN. The molecule has 0 saturated heterocycles. The van der Waals surface area contributed by atoms with Gasteiger partial charge in [-0.15, -0.1) is 0 Å². The summed E-state index contributed by atoms with van der Waals surface area (Å²) in [5.74, 6) is -0.830. The van der Waals surface area contributed by atoms with Gasteiger partial charge in [0.1, 0.15) is 6.61 Å². The molecule has 0 amide bonds. The Morgan fingerprint density at radius 2 is 0.831 bits per heavy atom. The van der Waals surface area contributed by atoms with Gasteiger partial charge in [-0.25, -0.2) is 4.57 Å². The quantitative estimate of drug-likeness (QED) is 0.0265. The van der Waals surface area contributed by atoms with Crippen LogP contribution in [0.5, 0.6) is 0 Å². The average molecular weight is 858 g/mol. The highest BCUT2D eigenvalue weighted by molar-refractivity contribution is 7.47. The normalized spacial score (nSPS) is 13.2. The maximum atomic E-state index is 12.5. The van der Waals surface area contributed by atoms with E-state index in [4.69, 9.17) is 24.3 Å². The van der Waals surface area contributed by atoms with E-state index in [-0.39, 0.29) is 38.6 Å². The molecule has 0 saturated carbocycles. The second-order valence-electron chi connectivity index (χ2n) is 17.0. The van der Waals surface area contributed by atoms with Crippen molar-refractivity contribution in [3.63, 3.8) is 0 Å². The Hall–Kier alpha value is -1.25. The van der Waals surface area contributed by atoms with E-state index >= 15 is 0 Å². The Morgan fingerprint density at radius 1 is 0.492 bits per heavy atom. The van der Waals surface area contributed by atoms with Crippen molar-refractivity contribution in [2.45, 2.75) is 264 Å². The molecule has 0 fully saturated rings. The lowest BCUT2D eigenvalue weighted by atomic mass is 10.0. The summed E-state index contributed by atoms with van der Waals surface area (Å²) in [5.41, 5.74) is 5.33. The molecule has 9 nitrogen and oxygen atoms in total. The maximum Gasteiger partial charge on any atom is 0.472 e. The first-order valence-electron chi connectivity index (χ1n) is 25.2. The van der Waals surface area contributed by atoms with Crippen molar-refractivity contribution in [2.24, 2.45) is 5.73 Å². The lowest BCUT2D eigenvalue weighted by Gasteiger charge is -2.19. The van der Waals surface area contributed by atoms with Crippen molar-refractivity contribution in [3.8, 4) is 0 Å². The molecule has 0 heterocycles. The zero-order valence-corrected chi connectivity index (χ0v) is 39.7. The first kappa shape index (κ1) is 57.8. The highest BCUT2D eigenvalue weighted by Crippen LogP contribution is 2.43. The van der Waals surface area contributed by atoms with Crippen LogP contribution in [0, 0.1) is 0 Å². The molecule has 10 heteroatoms. The highest BCUT2D eigenvalue weighted by Gasteiger charge is 2.26. The van der Waals surface area contributed by atoms with Crippen molar-refractivity contribution in [3.05, 3.63) is 12.2 Å². The molecule has 0 bridgehead atoms. The lowest BCUT2D eigenvalue weighted by Crippen LogP contribution is -2.29. The first-order chi connectivity index (χ1) is 28.8. The fraction of sp³-hybridized carbons (Fsp3) is 0.918.